The molecular formula is C12H23N3O2. The number of hydrogen-bond donors (Lipinski definition) is 2. The Balaban J connectivity index is 2.86. The van der Waals surface area contributed by atoms with Gasteiger partial charge in [0.25, 0.3) is 0 Å². The van der Waals surface area contributed by atoms with E-state index in [9.17, 15) is 9.59 Å². The molecule has 3 unspecified atom stereocenters. The monoisotopic (exact) mass is 241 g/mol. The van der Waals surface area contributed by atoms with E-state index >= 15 is 0 Å². The smallest absolute Gasteiger partial charge is 0.243 e. The minimum atomic E-state index is -0.363. The highest BCUT2D eigenvalue weighted by molar-refractivity contribution is 5.90. The maximum Gasteiger partial charge on any atom is 0.243 e. The van der Waals surface area contributed by atoms with Crippen LogP contribution < -0.4 is 11.1 Å². The third kappa shape index (κ3) is 2.97. The minimum Gasteiger partial charge on any atom is -0.353 e. The van der Waals surface area contributed by atoms with Gasteiger partial charge in [0.2, 0.25) is 11.8 Å². The Kier molecular flexibility index (Phi) is 4.51. The summed E-state index contributed by atoms with van der Waals surface area (Å²) in [6.45, 7) is 8.64. The molecule has 3 atom stereocenters. The molecule has 0 aromatic rings. The fraction of sp³-hybridized carbons (Fsp3) is 0.833. The summed E-state index contributed by atoms with van der Waals surface area (Å²) in [6.07, 6.45) is 0. The second kappa shape index (κ2) is 5.49. The molecule has 5 nitrogen and oxygen atoms in total. The molecule has 0 saturated carbocycles. The number of carbonyl (C=O) groups is 2. The Morgan fingerprint density at radius 1 is 1.41 bits per heavy atom. The lowest BCUT2D eigenvalue weighted by Crippen LogP contribution is -2.61. The highest BCUT2D eigenvalue weighted by Crippen LogP contribution is 2.17. The van der Waals surface area contributed by atoms with Gasteiger partial charge in [0, 0.05) is 19.1 Å². The number of amides is 2. The van der Waals surface area contributed by atoms with Crippen molar-refractivity contribution in [1.29, 1.82) is 0 Å². The van der Waals surface area contributed by atoms with E-state index in [0.29, 0.717) is 13.1 Å². The van der Waals surface area contributed by atoms with Crippen molar-refractivity contribution in [2.75, 3.05) is 13.1 Å². The van der Waals surface area contributed by atoms with Crippen LogP contribution >= 0.6 is 0 Å². The highest BCUT2D eigenvalue weighted by atomic mass is 16.2. The van der Waals surface area contributed by atoms with Gasteiger partial charge in [-0.1, -0.05) is 20.8 Å². The van der Waals surface area contributed by atoms with Gasteiger partial charge >= 0.3 is 0 Å². The summed E-state index contributed by atoms with van der Waals surface area (Å²) in [5, 5.41) is 2.80. The predicted molar refractivity (Wildman–Crippen MR) is 66.2 cm³/mol. The first-order chi connectivity index (χ1) is 7.86. The van der Waals surface area contributed by atoms with Gasteiger partial charge in [-0.3, -0.25) is 9.59 Å². The van der Waals surface area contributed by atoms with Crippen LogP contribution in [0.4, 0.5) is 0 Å². The number of nitrogens with one attached hydrogen (secondary N) is 1. The van der Waals surface area contributed by atoms with Crippen molar-refractivity contribution in [3.63, 3.8) is 0 Å². The summed E-state index contributed by atoms with van der Waals surface area (Å²) in [6, 6.07) is -0.558. The molecule has 1 aliphatic heterocycles. The number of carbonyl (C=O) groups excluding carboxylic acids is 2. The zero-order chi connectivity index (χ0) is 13.2. The van der Waals surface area contributed by atoms with E-state index in [1.165, 1.54) is 0 Å². The van der Waals surface area contributed by atoms with Gasteiger partial charge in [-0.25, -0.2) is 0 Å². The van der Waals surface area contributed by atoms with Crippen molar-refractivity contribution < 1.29 is 9.59 Å². The van der Waals surface area contributed by atoms with Gasteiger partial charge in [0.1, 0.15) is 6.04 Å². The summed E-state index contributed by atoms with van der Waals surface area (Å²) in [5.41, 5.74) is 5.75. The lowest BCUT2D eigenvalue weighted by atomic mass is 9.95. The third-order valence-corrected chi connectivity index (χ3v) is 3.35. The number of nitrogens with zero attached hydrogens (tertiary/aromatic N) is 1. The lowest BCUT2D eigenvalue weighted by molar-refractivity contribution is -0.148. The molecule has 1 heterocycles. The molecule has 17 heavy (non-hydrogen) atoms. The van der Waals surface area contributed by atoms with E-state index < -0.39 is 0 Å². The molecule has 0 bridgehead atoms. The standard InChI is InChI=1S/C12H23N3O2/c1-7(2)10-11(16)14-5-6-15(10)12(17)8(3)9(4)13/h7-10H,5-6,13H2,1-4H3,(H,14,16). The molecule has 1 aliphatic rings. The van der Waals surface area contributed by atoms with E-state index in [0.717, 1.165) is 0 Å². The number of hydrogen-bond acceptors (Lipinski definition) is 3. The SMILES string of the molecule is CC(C)C1C(=O)NCCN1C(=O)C(C)C(C)N. The van der Waals surface area contributed by atoms with E-state index in [4.69, 9.17) is 5.73 Å². The van der Waals surface area contributed by atoms with Crippen LogP contribution in [0.5, 0.6) is 0 Å². The predicted octanol–water partition coefficient (Wildman–Crippen LogP) is -0.0473. The second-order valence-corrected chi connectivity index (χ2v) is 5.16. The third-order valence-electron chi connectivity index (χ3n) is 3.35. The molecule has 0 radical (unpaired) electrons. The summed E-state index contributed by atoms with van der Waals surface area (Å²) in [5.74, 6) is -0.216. The Hall–Kier alpha value is -1.10. The van der Waals surface area contributed by atoms with Crippen molar-refractivity contribution in [1.82, 2.24) is 10.2 Å². The zero-order valence-electron chi connectivity index (χ0n) is 11.1. The van der Waals surface area contributed by atoms with E-state index in [1.54, 1.807) is 4.90 Å². The molecule has 0 spiro atoms. The van der Waals surface area contributed by atoms with Gasteiger partial charge in [0.15, 0.2) is 0 Å². The maximum absolute atomic E-state index is 12.3. The summed E-state index contributed by atoms with van der Waals surface area (Å²) >= 11 is 0. The molecule has 1 rings (SSSR count). The first kappa shape index (κ1) is 14.0. The number of rotatable bonds is 3. The average molecular weight is 241 g/mol. The number of nitrogens with two attached hydrogens (primary N) is 1. The molecule has 5 heteroatoms. The van der Waals surface area contributed by atoms with E-state index in [1.807, 2.05) is 27.7 Å². The Morgan fingerprint density at radius 3 is 2.47 bits per heavy atom. The quantitative estimate of drug-likeness (QED) is 0.727. The van der Waals surface area contributed by atoms with Crippen LogP contribution in [0.3, 0.4) is 0 Å². The molecule has 1 fully saturated rings. The Labute approximate surface area is 103 Å². The van der Waals surface area contributed by atoms with Crippen LogP contribution in [0, 0.1) is 11.8 Å². The largest absolute Gasteiger partial charge is 0.353 e. The van der Waals surface area contributed by atoms with Crippen LogP contribution in [0.1, 0.15) is 27.7 Å². The average Bonchev–Trinajstić information content (AvgIpc) is 2.25. The van der Waals surface area contributed by atoms with Gasteiger partial charge in [-0.2, -0.15) is 0 Å². The van der Waals surface area contributed by atoms with Gasteiger partial charge in [0.05, 0.1) is 5.92 Å². The van der Waals surface area contributed by atoms with Crippen molar-refractivity contribution >= 4 is 11.8 Å². The maximum atomic E-state index is 12.3. The molecule has 98 valence electrons. The van der Waals surface area contributed by atoms with Crippen LogP contribution in [-0.2, 0) is 9.59 Å². The first-order valence-electron chi connectivity index (χ1n) is 6.20. The molecular weight excluding hydrogens is 218 g/mol. The Morgan fingerprint density at radius 2 is 2.00 bits per heavy atom. The lowest BCUT2D eigenvalue weighted by Gasteiger charge is -2.39. The van der Waals surface area contributed by atoms with Crippen LogP contribution in [0.25, 0.3) is 0 Å². The molecule has 0 aromatic heterocycles. The van der Waals surface area contributed by atoms with Crippen molar-refractivity contribution in [3.8, 4) is 0 Å². The van der Waals surface area contributed by atoms with Crippen LogP contribution in [0.15, 0.2) is 0 Å². The van der Waals surface area contributed by atoms with Crippen molar-refractivity contribution in [2.45, 2.75) is 39.8 Å². The van der Waals surface area contributed by atoms with Crippen molar-refractivity contribution in [2.24, 2.45) is 17.6 Å². The molecule has 0 aromatic carbocycles. The summed E-state index contributed by atoms with van der Waals surface area (Å²) in [4.78, 5) is 25.8. The van der Waals surface area contributed by atoms with E-state index in [2.05, 4.69) is 5.32 Å². The summed E-state index contributed by atoms with van der Waals surface area (Å²) in [7, 11) is 0. The Bertz CT molecular complexity index is 302. The topological polar surface area (TPSA) is 75.4 Å². The summed E-state index contributed by atoms with van der Waals surface area (Å²) < 4.78 is 0. The molecule has 2 amide bonds. The fourth-order valence-electron chi connectivity index (χ4n) is 2.08. The van der Waals surface area contributed by atoms with Crippen LogP contribution in [-0.4, -0.2) is 41.9 Å². The molecule has 3 N–H and O–H groups in total. The second-order valence-electron chi connectivity index (χ2n) is 5.16. The normalized spacial score (nSPS) is 24.5. The first-order valence-corrected chi connectivity index (χ1v) is 6.20. The van der Waals surface area contributed by atoms with Gasteiger partial charge in [-0.05, 0) is 12.8 Å². The molecule has 0 aliphatic carbocycles. The van der Waals surface area contributed by atoms with E-state index in [-0.39, 0.29) is 35.7 Å². The van der Waals surface area contributed by atoms with Crippen LogP contribution in [0.2, 0.25) is 0 Å². The zero-order valence-corrected chi connectivity index (χ0v) is 11.1. The highest BCUT2D eigenvalue weighted by Gasteiger charge is 2.37. The number of piperazine rings is 1. The fourth-order valence-corrected chi connectivity index (χ4v) is 2.08. The minimum absolute atomic E-state index is 0.0199. The van der Waals surface area contributed by atoms with Crippen molar-refractivity contribution in [3.05, 3.63) is 0 Å². The van der Waals surface area contributed by atoms with Gasteiger partial charge in [-0.15, -0.1) is 0 Å². The van der Waals surface area contributed by atoms with Gasteiger partial charge < -0.3 is 16.0 Å². The molecule has 1 saturated heterocycles.